The van der Waals surface area contributed by atoms with Gasteiger partial charge in [-0.05, 0) is 43.0 Å². The van der Waals surface area contributed by atoms with Gasteiger partial charge in [-0.15, -0.1) is 0 Å². The van der Waals surface area contributed by atoms with Gasteiger partial charge in [-0.25, -0.2) is 4.90 Å². The minimum absolute atomic E-state index is 0.214. The number of imide groups is 1. The summed E-state index contributed by atoms with van der Waals surface area (Å²) >= 11 is 0. The number of anilines is 2. The molecule has 2 aromatic rings. The van der Waals surface area contributed by atoms with Gasteiger partial charge in [0.1, 0.15) is 0 Å². The Bertz CT molecular complexity index is 953. The summed E-state index contributed by atoms with van der Waals surface area (Å²) in [6.07, 6.45) is 5.85. The molecule has 0 bridgehead atoms. The zero-order valence-electron chi connectivity index (χ0n) is 15.7. The molecule has 1 aliphatic heterocycles. The zero-order chi connectivity index (χ0) is 19.7. The second-order valence-corrected chi connectivity index (χ2v) is 7.15. The molecule has 2 aliphatic rings. The van der Waals surface area contributed by atoms with Crippen LogP contribution in [0.15, 0.2) is 60.7 Å². The SMILES string of the molecule is CCc1ccccc1NC(=O)c1ccccc1N1C(=O)[C@H]2CC=CC[C@H]2C1=O. The molecule has 1 N–H and O–H groups in total. The molecule has 0 unspecified atom stereocenters. The smallest absolute Gasteiger partial charge is 0.257 e. The lowest BCUT2D eigenvalue weighted by atomic mass is 9.85. The first-order chi connectivity index (χ1) is 13.6. The van der Waals surface area contributed by atoms with Gasteiger partial charge in [0.25, 0.3) is 5.91 Å². The summed E-state index contributed by atoms with van der Waals surface area (Å²) in [6.45, 7) is 2.02. The van der Waals surface area contributed by atoms with Crippen LogP contribution in [0.2, 0.25) is 0 Å². The van der Waals surface area contributed by atoms with Crippen LogP contribution in [0.25, 0.3) is 0 Å². The maximum Gasteiger partial charge on any atom is 0.257 e. The van der Waals surface area contributed by atoms with Crippen molar-refractivity contribution in [1.82, 2.24) is 0 Å². The van der Waals surface area contributed by atoms with Crippen LogP contribution in [0.3, 0.4) is 0 Å². The molecule has 142 valence electrons. The summed E-state index contributed by atoms with van der Waals surface area (Å²) in [5.41, 5.74) is 2.44. The highest BCUT2D eigenvalue weighted by atomic mass is 16.2. The predicted molar refractivity (Wildman–Crippen MR) is 108 cm³/mol. The van der Waals surface area contributed by atoms with Crippen molar-refractivity contribution >= 4 is 29.1 Å². The van der Waals surface area contributed by atoms with E-state index in [0.29, 0.717) is 24.1 Å². The van der Waals surface area contributed by atoms with Crippen molar-refractivity contribution in [1.29, 1.82) is 0 Å². The van der Waals surface area contributed by atoms with E-state index in [1.54, 1.807) is 24.3 Å². The average molecular weight is 374 g/mol. The standard InChI is InChI=1S/C23H22N2O3/c1-2-15-9-3-7-13-19(15)24-21(26)18-12-6-8-14-20(18)25-22(27)16-10-4-5-11-17(16)23(25)28/h3-9,12-14,16-17H,2,10-11H2,1H3,(H,24,26)/t16-,17+. The number of benzene rings is 2. The van der Waals surface area contributed by atoms with Gasteiger partial charge in [-0.2, -0.15) is 0 Å². The number of hydrogen-bond acceptors (Lipinski definition) is 3. The first-order valence-corrected chi connectivity index (χ1v) is 9.63. The van der Waals surface area contributed by atoms with E-state index >= 15 is 0 Å². The summed E-state index contributed by atoms with van der Waals surface area (Å²) in [5, 5.41) is 2.93. The third-order valence-corrected chi connectivity index (χ3v) is 5.54. The third-order valence-electron chi connectivity index (χ3n) is 5.54. The van der Waals surface area contributed by atoms with Crippen molar-refractivity contribution in [2.45, 2.75) is 26.2 Å². The number of hydrogen-bond donors (Lipinski definition) is 1. The Labute approximate surface area is 164 Å². The molecular weight excluding hydrogens is 352 g/mol. The molecule has 5 nitrogen and oxygen atoms in total. The lowest BCUT2D eigenvalue weighted by Crippen LogP contribution is -2.33. The van der Waals surface area contributed by atoms with Gasteiger partial charge in [0, 0.05) is 5.69 Å². The van der Waals surface area contributed by atoms with Crippen LogP contribution < -0.4 is 10.2 Å². The van der Waals surface area contributed by atoms with Crippen LogP contribution in [0, 0.1) is 11.8 Å². The number of para-hydroxylation sites is 2. The molecule has 0 spiro atoms. The lowest BCUT2D eigenvalue weighted by molar-refractivity contribution is -0.122. The highest BCUT2D eigenvalue weighted by molar-refractivity contribution is 6.25. The van der Waals surface area contributed by atoms with Gasteiger partial charge in [0.15, 0.2) is 0 Å². The molecule has 1 saturated heterocycles. The van der Waals surface area contributed by atoms with Crippen molar-refractivity contribution in [2.24, 2.45) is 11.8 Å². The molecular formula is C23H22N2O3. The van der Waals surface area contributed by atoms with Crippen LogP contribution in [0.5, 0.6) is 0 Å². The molecule has 4 rings (SSSR count). The minimum Gasteiger partial charge on any atom is -0.322 e. The molecule has 3 amide bonds. The van der Waals surface area contributed by atoms with E-state index in [4.69, 9.17) is 0 Å². The predicted octanol–water partition coefficient (Wildman–Crippen LogP) is 3.96. The topological polar surface area (TPSA) is 66.5 Å². The minimum atomic E-state index is -0.329. The maximum absolute atomic E-state index is 13.0. The number of allylic oxidation sites excluding steroid dienone is 2. The first-order valence-electron chi connectivity index (χ1n) is 9.63. The Morgan fingerprint density at radius 1 is 0.964 bits per heavy atom. The monoisotopic (exact) mass is 374 g/mol. The quantitative estimate of drug-likeness (QED) is 0.651. The van der Waals surface area contributed by atoms with E-state index in [1.807, 2.05) is 43.3 Å². The summed E-state index contributed by atoms with van der Waals surface area (Å²) < 4.78 is 0. The van der Waals surface area contributed by atoms with Crippen LogP contribution >= 0.6 is 0 Å². The normalized spacial score (nSPS) is 21.0. The molecule has 2 aromatic carbocycles. The van der Waals surface area contributed by atoms with Gasteiger partial charge < -0.3 is 5.32 Å². The summed E-state index contributed by atoms with van der Waals surface area (Å²) in [4.78, 5) is 40.1. The Morgan fingerprint density at radius 3 is 2.25 bits per heavy atom. The average Bonchev–Trinajstić information content (AvgIpc) is 2.99. The van der Waals surface area contributed by atoms with Crippen LogP contribution in [-0.4, -0.2) is 17.7 Å². The second-order valence-electron chi connectivity index (χ2n) is 7.15. The summed E-state index contributed by atoms with van der Waals surface area (Å²) in [6, 6.07) is 14.4. The molecule has 28 heavy (non-hydrogen) atoms. The van der Waals surface area contributed by atoms with Crippen LogP contribution in [0.1, 0.15) is 35.7 Å². The molecule has 1 heterocycles. The molecule has 1 fully saturated rings. The van der Waals surface area contributed by atoms with Gasteiger partial charge in [-0.3, -0.25) is 14.4 Å². The number of nitrogens with zero attached hydrogens (tertiary/aromatic N) is 1. The molecule has 1 aliphatic carbocycles. The van der Waals surface area contributed by atoms with Crippen molar-refractivity contribution in [2.75, 3.05) is 10.2 Å². The van der Waals surface area contributed by atoms with Crippen molar-refractivity contribution in [3.8, 4) is 0 Å². The number of rotatable bonds is 4. The molecule has 2 atom stereocenters. The molecule has 5 heteroatoms. The van der Waals surface area contributed by atoms with E-state index in [9.17, 15) is 14.4 Å². The van der Waals surface area contributed by atoms with Crippen LogP contribution in [0.4, 0.5) is 11.4 Å². The number of aryl methyl sites for hydroxylation is 1. The fourth-order valence-electron chi connectivity index (χ4n) is 4.04. The van der Waals surface area contributed by atoms with E-state index in [1.165, 1.54) is 4.90 Å². The molecule has 0 saturated carbocycles. The van der Waals surface area contributed by atoms with E-state index < -0.39 is 0 Å². The van der Waals surface area contributed by atoms with Crippen molar-refractivity contribution in [3.05, 3.63) is 71.8 Å². The Morgan fingerprint density at radius 2 is 1.57 bits per heavy atom. The van der Waals surface area contributed by atoms with E-state index in [0.717, 1.165) is 17.7 Å². The van der Waals surface area contributed by atoms with Crippen molar-refractivity contribution in [3.63, 3.8) is 0 Å². The van der Waals surface area contributed by atoms with Gasteiger partial charge in [-0.1, -0.05) is 49.4 Å². The largest absolute Gasteiger partial charge is 0.322 e. The Balaban J connectivity index is 1.67. The van der Waals surface area contributed by atoms with Gasteiger partial charge >= 0.3 is 0 Å². The van der Waals surface area contributed by atoms with E-state index in [-0.39, 0.29) is 29.6 Å². The number of carbonyl (C=O) groups is 3. The number of amides is 3. The van der Waals surface area contributed by atoms with Crippen molar-refractivity contribution < 1.29 is 14.4 Å². The van der Waals surface area contributed by atoms with E-state index in [2.05, 4.69) is 5.32 Å². The zero-order valence-corrected chi connectivity index (χ0v) is 15.7. The Hall–Kier alpha value is -3.21. The maximum atomic E-state index is 13.0. The van der Waals surface area contributed by atoms with Gasteiger partial charge in [0.2, 0.25) is 11.8 Å². The Kier molecular flexibility index (Phi) is 4.82. The highest BCUT2D eigenvalue weighted by Crippen LogP contribution is 2.38. The number of fused-ring (bicyclic) bond motifs is 1. The molecule has 0 aromatic heterocycles. The highest BCUT2D eigenvalue weighted by Gasteiger charge is 2.48. The van der Waals surface area contributed by atoms with Gasteiger partial charge in [0.05, 0.1) is 23.1 Å². The lowest BCUT2D eigenvalue weighted by Gasteiger charge is -2.19. The summed E-state index contributed by atoms with van der Waals surface area (Å²) in [7, 11) is 0. The second kappa shape index (κ2) is 7.43. The third kappa shape index (κ3) is 3.03. The van der Waals surface area contributed by atoms with Crippen LogP contribution in [-0.2, 0) is 16.0 Å². The molecule has 0 radical (unpaired) electrons. The fourth-order valence-corrected chi connectivity index (χ4v) is 4.04. The number of nitrogens with one attached hydrogen (secondary N) is 1. The fraction of sp³-hybridized carbons (Fsp3) is 0.261. The number of carbonyl (C=O) groups excluding carboxylic acids is 3. The first kappa shape index (κ1) is 18.2. The summed E-state index contributed by atoms with van der Waals surface area (Å²) in [5.74, 6) is -1.41.